The zero-order valence-electron chi connectivity index (χ0n) is 14.2. The van der Waals surface area contributed by atoms with Crippen LogP contribution in [0.3, 0.4) is 0 Å². The summed E-state index contributed by atoms with van der Waals surface area (Å²) < 4.78 is 32.0. The van der Waals surface area contributed by atoms with Gasteiger partial charge in [0, 0.05) is 18.7 Å². The number of aliphatic hydroxyl groups is 1. The van der Waals surface area contributed by atoms with E-state index in [0.29, 0.717) is 0 Å². The van der Waals surface area contributed by atoms with Crippen LogP contribution in [0.2, 0.25) is 0 Å². The number of non-ortho nitro benzene ring substituents is 1. The number of carbonyl (C=O) groups excluding carboxylic acids is 1. The highest BCUT2D eigenvalue weighted by Gasteiger charge is 2.19. The predicted molar refractivity (Wildman–Crippen MR) is 97.3 cm³/mol. The number of anilines is 2. The molecule has 144 valence electrons. The molecule has 0 radical (unpaired) electrons. The number of nitro groups is 1. The molecule has 3 N–H and O–H groups in total. The zero-order chi connectivity index (χ0) is 20.0. The van der Waals surface area contributed by atoms with Crippen molar-refractivity contribution >= 4 is 33.1 Å². The summed E-state index contributed by atoms with van der Waals surface area (Å²) in [5, 5.41) is 22.7. The van der Waals surface area contributed by atoms with Gasteiger partial charge in [-0.3, -0.25) is 14.8 Å². The minimum absolute atomic E-state index is 0.0466. The normalized spacial score (nSPS) is 10.9. The van der Waals surface area contributed by atoms with Gasteiger partial charge in [-0.15, -0.1) is 0 Å². The highest BCUT2D eigenvalue weighted by molar-refractivity contribution is 7.92. The Labute approximate surface area is 155 Å². The SMILES string of the molecule is COC(=O)c1ccc(S(=O)(=O)Nc2cc([N+](=O)[O-])ccc2NCCO)cc1. The van der Waals surface area contributed by atoms with Crippen molar-refractivity contribution in [1.82, 2.24) is 0 Å². The third-order valence-corrected chi connectivity index (χ3v) is 4.85. The number of nitro benzene ring substituents is 1. The summed E-state index contributed by atoms with van der Waals surface area (Å²) in [7, 11) is -2.87. The molecule has 0 atom stereocenters. The molecule has 2 aromatic carbocycles. The Balaban J connectivity index is 2.36. The molecule has 0 fully saturated rings. The molecule has 0 unspecified atom stereocenters. The Hall–Kier alpha value is -3.18. The van der Waals surface area contributed by atoms with Gasteiger partial charge in [0.05, 0.1) is 40.5 Å². The Kier molecular flexibility index (Phi) is 6.32. The number of methoxy groups -OCH3 is 1. The number of benzene rings is 2. The Morgan fingerprint density at radius 3 is 2.41 bits per heavy atom. The van der Waals surface area contributed by atoms with Gasteiger partial charge in [-0.1, -0.05) is 0 Å². The summed E-state index contributed by atoms with van der Waals surface area (Å²) in [6.45, 7) is -0.0848. The summed E-state index contributed by atoms with van der Waals surface area (Å²) in [5.41, 5.74) is 0.0967. The third kappa shape index (κ3) is 4.92. The van der Waals surface area contributed by atoms with Crippen molar-refractivity contribution in [3.63, 3.8) is 0 Å². The van der Waals surface area contributed by atoms with E-state index in [0.717, 1.165) is 6.07 Å². The predicted octanol–water partition coefficient (Wildman–Crippen LogP) is 1.59. The summed E-state index contributed by atoms with van der Waals surface area (Å²) >= 11 is 0. The van der Waals surface area contributed by atoms with Crippen molar-refractivity contribution in [2.45, 2.75) is 4.90 Å². The van der Waals surface area contributed by atoms with Crippen LogP contribution >= 0.6 is 0 Å². The molecule has 0 heterocycles. The number of carbonyl (C=O) groups is 1. The van der Waals surface area contributed by atoms with Crippen LogP contribution in [0.4, 0.5) is 17.1 Å². The van der Waals surface area contributed by atoms with Crippen molar-refractivity contribution in [3.05, 3.63) is 58.1 Å². The van der Waals surface area contributed by atoms with Crippen LogP contribution in [0.5, 0.6) is 0 Å². The average Bonchev–Trinajstić information content (AvgIpc) is 2.66. The van der Waals surface area contributed by atoms with Gasteiger partial charge in [-0.25, -0.2) is 13.2 Å². The molecule has 0 amide bonds. The standard InChI is InChI=1S/C16H17N3O7S/c1-26-16(21)11-2-5-13(6-3-11)27(24,25)18-15-10-12(19(22)23)4-7-14(15)17-8-9-20/h2-7,10,17-18,20H,8-9H2,1H3. The molecule has 0 aromatic heterocycles. The number of hydrogen-bond acceptors (Lipinski definition) is 8. The number of hydrogen-bond donors (Lipinski definition) is 3. The lowest BCUT2D eigenvalue weighted by Gasteiger charge is -2.14. The van der Waals surface area contributed by atoms with Crippen molar-refractivity contribution in [2.75, 3.05) is 30.3 Å². The van der Waals surface area contributed by atoms with Gasteiger partial charge in [-0.05, 0) is 30.3 Å². The first-order valence-corrected chi connectivity index (χ1v) is 9.11. The minimum Gasteiger partial charge on any atom is -0.465 e. The van der Waals surface area contributed by atoms with Crippen molar-refractivity contribution in [3.8, 4) is 0 Å². The van der Waals surface area contributed by atoms with Gasteiger partial charge < -0.3 is 15.2 Å². The molecule has 0 saturated carbocycles. The molecule has 11 heteroatoms. The molecule has 0 saturated heterocycles. The number of sulfonamides is 1. The number of nitrogens with one attached hydrogen (secondary N) is 2. The van der Waals surface area contributed by atoms with Crippen LogP contribution in [0.15, 0.2) is 47.4 Å². The second-order valence-electron chi connectivity index (χ2n) is 5.26. The smallest absolute Gasteiger partial charge is 0.337 e. The lowest BCUT2D eigenvalue weighted by atomic mass is 10.2. The van der Waals surface area contributed by atoms with Gasteiger partial charge in [0.1, 0.15) is 0 Å². The van der Waals surface area contributed by atoms with Gasteiger partial charge in [-0.2, -0.15) is 0 Å². The molecule has 0 aliphatic rings. The average molecular weight is 395 g/mol. The highest BCUT2D eigenvalue weighted by Crippen LogP contribution is 2.29. The molecule has 2 rings (SSSR count). The van der Waals surface area contributed by atoms with Gasteiger partial charge in [0.2, 0.25) is 0 Å². The third-order valence-electron chi connectivity index (χ3n) is 3.47. The Bertz CT molecular complexity index is 943. The van der Waals surface area contributed by atoms with Crippen molar-refractivity contribution < 1.29 is 28.0 Å². The molecule has 10 nitrogen and oxygen atoms in total. The summed E-state index contributed by atoms with van der Waals surface area (Å²) in [5.74, 6) is -0.610. The van der Waals surface area contributed by atoms with E-state index in [2.05, 4.69) is 14.8 Å². The van der Waals surface area contributed by atoms with Gasteiger partial charge in [0.15, 0.2) is 0 Å². The van der Waals surface area contributed by atoms with Crippen molar-refractivity contribution in [2.24, 2.45) is 0 Å². The summed E-state index contributed by atoms with van der Waals surface area (Å²) in [6, 6.07) is 8.63. The number of aliphatic hydroxyl groups excluding tert-OH is 1. The number of ether oxygens (including phenoxy) is 1. The van der Waals surface area contributed by atoms with E-state index in [1.807, 2.05) is 0 Å². The van der Waals surface area contributed by atoms with E-state index in [9.17, 15) is 23.3 Å². The maximum absolute atomic E-state index is 12.6. The highest BCUT2D eigenvalue weighted by atomic mass is 32.2. The zero-order valence-corrected chi connectivity index (χ0v) is 15.0. The lowest BCUT2D eigenvalue weighted by molar-refractivity contribution is -0.384. The molecule has 0 spiro atoms. The lowest BCUT2D eigenvalue weighted by Crippen LogP contribution is -2.16. The van der Waals surface area contributed by atoms with Crippen LogP contribution in [-0.2, 0) is 14.8 Å². The Morgan fingerprint density at radius 2 is 1.85 bits per heavy atom. The molecular formula is C16H17N3O7S. The van der Waals surface area contributed by atoms with Crippen LogP contribution in [-0.4, -0.2) is 44.7 Å². The van der Waals surface area contributed by atoms with Crippen LogP contribution in [0.1, 0.15) is 10.4 Å². The minimum atomic E-state index is -4.08. The van der Waals surface area contributed by atoms with Crippen LogP contribution < -0.4 is 10.0 Å². The first kappa shape index (κ1) is 20.1. The second-order valence-corrected chi connectivity index (χ2v) is 6.94. The molecule has 0 aliphatic carbocycles. The molecule has 0 bridgehead atoms. The molecular weight excluding hydrogens is 378 g/mol. The van der Waals surface area contributed by atoms with Crippen LogP contribution in [0.25, 0.3) is 0 Å². The number of esters is 1. The molecule has 2 aromatic rings. The van der Waals surface area contributed by atoms with Gasteiger partial charge >= 0.3 is 5.97 Å². The largest absolute Gasteiger partial charge is 0.465 e. The van der Waals surface area contributed by atoms with E-state index in [4.69, 9.17) is 5.11 Å². The van der Waals surface area contributed by atoms with E-state index in [1.54, 1.807) is 0 Å². The Morgan fingerprint density at radius 1 is 1.19 bits per heavy atom. The number of nitrogens with zero attached hydrogens (tertiary/aromatic N) is 1. The number of rotatable bonds is 8. The quantitative estimate of drug-likeness (QED) is 0.347. The fourth-order valence-electron chi connectivity index (χ4n) is 2.17. The topological polar surface area (TPSA) is 148 Å². The van der Waals surface area contributed by atoms with E-state index < -0.39 is 20.9 Å². The fourth-order valence-corrected chi connectivity index (χ4v) is 3.24. The first-order valence-electron chi connectivity index (χ1n) is 7.63. The molecule has 27 heavy (non-hydrogen) atoms. The first-order chi connectivity index (χ1) is 12.8. The van der Waals surface area contributed by atoms with E-state index in [1.165, 1.54) is 43.5 Å². The van der Waals surface area contributed by atoms with Gasteiger partial charge in [0.25, 0.3) is 15.7 Å². The second kappa shape index (κ2) is 8.47. The monoisotopic (exact) mass is 395 g/mol. The maximum atomic E-state index is 12.6. The van der Waals surface area contributed by atoms with Crippen LogP contribution in [0, 0.1) is 10.1 Å². The molecule has 0 aliphatic heterocycles. The fraction of sp³-hybridized carbons (Fsp3) is 0.188. The van der Waals surface area contributed by atoms with E-state index in [-0.39, 0.29) is 40.7 Å². The van der Waals surface area contributed by atoms with E-state index >= 15 is 0 Å². The summed E-state index contributed by atoms with van der Waals surface area (Å²) in [6.07, 6.45) is 0. The summed E-state index contributed by atoms with van der Waals surface area (Å²) in [4.78, 5) is 21.6. The van der Waals surface area contributed by atoms with Crippen molar-refractivity contribution in [1.29, 1.82) is 0 Å². The maximum Gasteiger partial charge on any atom is 0.337 e.